The Morgan fingerprint density at radius 1 is 0.938 bits per heavy atom. The van der Waals surface area contributed by atoms with E-state index in [1.54, 1.807) is 16.3 Å². The summed E-state index contributed by atoms with van der Waals surface area (Å²) in [5, 5.41) is 7.43. The number of nitrogens with zero attached hydrogens (tertiary/aromatic N) is 2. The topological polar surface area (TPSA) is 98.8 Å². The minimum Gasteiger partial charge on any atom is -0.338 e. The molecule has 0 bridgehead atoms. The number of nitrogens with one attached hydrogen (secondary N) is 2. The summed E-state index contributed by atoms with van der Waals surface area (Å²) in [6, 6.07) is 10.5. The van der Waals surface area contributed by atoms with Crippen molar-refractivity contribution in [1.82, 2.24) is 14.5 Å². The number of carbonyl (C=O) groups excluding carboxylic acids is 2. The number of rotatable bonds is 5. The van der Waals surface area contributed by atoms with Gasteiger partial charge in [-0.1, -0.05) is 24.6 Å². The third-order valence-electron chi connectivity index (χ3n) is 5.91. The highest BCUT2D eigenvalue weighted by Crippen LogP contribution is 2.29. The Labute approximate surface area is 192 Å². The van der Waals surface area contributed by atoms with Crippen molar-refractivity contribution in [3.63, 3.8) is 0 Å². The summed E-state index contributed by atoms with van der Waals surface area (Å²) in [6.45, 7) is 1.95. The Bertz CT molecular complexity index is 1040. The van der Waals surface area contributed by atoms with Gasteiger partial charge >= 0.3 is 6.03 Å². The Balaban J connectivity index is 1.34. The van der Waals surface area contributed by atoms with E-state index in [0.717, 1.165) is 24.9 Å². The molecule has 2 aliphatic heterocycles. The summed E-state index contributed by atoms with van der Waals surface area (Å²) >= 11 is 1.18. The van der Waals surface area contributed by atoms with Crippen molar-refractivity contribution in [2.75, 3.05) is 31.5 Å². The highest BCUT2D eigenvalue weighted by molar-refractivity contribution is 7.89. The van der Waals surface area contributed by atoms with Crippen LogP contribution in [0, 0.1) is 0 Å². The SMILES string of the molecule is O=C(Nc1ccccc1)NC1CCN(C(=O)c2sccc2S(=O)(=O)N2CCCCC2)CC1. The molecule has 0 radical (unpaired) electrons. The van der Waals surface area contributed by atoms with Crippen LogP contribution < -0.4 is 10.6 Å². The fourth-order valence-electron chi connectivity index (χ4n) is 4.15. The number of para-hydroxylation sites is 1. The quantitative estimate of drug-likeness (QED) is 0.691. The standard InChI is InChI=1S/C22H28N4O4S2/c27-21(20-19(11-16-31-20)32(29,30)26-12-5-2-6-13-26)25-14-9-18(10-15-25)24-22(28)23-17-7-3-1-4-8-17/h1,3-4,7-8,11,16,18H,2,5-6,9-10,12-15H2,(H2,23,24,28). The zero-order valence-electron chi connectivity index (χ0n) is 17.8. The number of amides is 3. The Hall–Kier alpha value is -2.43. The zero-order chi connectivity index (χ0) is 22.6. The van der Waals surface area contributed by atoms with Gasteiger partial charge in [-0.2, -0.15) is 4.31 Å². The predicted octanol–water partition coefficient (Wildman–Crippen LogP) is 3.35. The van der Waals surface area contributed by atoms with Crippen molar-refractivity contribution in [2.45, 2.75) is 43.0 Å². The maximum atomic E-state index is 13.1. The van der Waals surface area contributed by atoms with E-state index in [9.17, 15) is 18.0 Å². The molecule has 4 rings (SSSR count). The molecule has 2 aromatic rings. The third kappa shape index (κ3) is 5.13. The Morgan fingerprint density at radius 2 is 1.62 bits per heavy atom. The summed E-state index contributed by atoms with van der Waals surface area (Å²) in [7, 11) is -3.66. The summed E-state index contributed by atoms with van der Waals surface area (Å²) in [4.78, 5) is 27.4. The van der Waals surface area contributed by atoms with E-state index in [1.165, 1.54) is 15.6 Å². The number of carbonyl (C=O) groups is 2. The second kappa shape index (κ2) is 10.0. The van der Waals surface area contributed by atoms with Crippen LogP contribution in [0.5, 0.6) is 0 Å². The number of sulfonamides is 1. The number of urea groups is 1. The Kier molecular flexibility index (Phi) is 7.12. The molecule has 0 aliphatic carbocycles. The fourth-order valence-corrected chi connectivity index (χ4v) is 7.02. The average molecular weight is 477 g/mol. The number of thiophene rings is 1. The van der Waals surface area contributed by atoms with Gasteiger partial charge in [0.2, 0.25) is 10.0 Å². The number of hydrogen-bond acceptors (Lipinski definition) is 5. The van der Waals surface area contributed by atoms with Gasteiger partial charge < -0.3 is 15.5 Å². The minimum absolute atomic E-state index is 0.0392. The van der Waals surface area contributed by atoms with Gasteiger partial charge in [0.1, 0.15) is 9.77 Å². The zero-order valence-corrected chi connectivity index (χ0v) is 19.5. The number of anilines is 1. The molecule has 1 aromatic heterocycles. The molecule has 3 amide bonds. The first-order chi connectivity index (χ1) is 15.4. The van der Waals surface area contributed by atoms with Crippen LogP contribution in [0.15, 0.2) is 46.7 Å². The van der Waals surface area contributed by atoms with Crippen molar-refractivity contribution in [2.24, 2.45) is 0 Å². The molecule has 2 fully saturated rings. The first-order valence-corrected chi connectivity index (χ1v) is 13.3. The van der Waals surface area contributed by atoms with Crippen LogP contribution in [0.3, 0.4) is 0 Å². The lowest BCUT2D eigenvalue weighted by atomic mass is 10.1. The van der Waals surface area contributed by atoms with E-state index in [-0.39, 0.29) is 27.8 Å². The van der Waals surface area contributed by atoms with Crippen LogP contribution in [-0.4, -0.2) is 61.8 Å². The molecule has 2 aliphatic rings. The molecule has 8 nitrogen and oxygen atoms in total. The molecule has 32 heavy (non-hydrogen) atoms. The maximum Gasteiger partial charge on any atom is 0.319 e. The summed E-state index contributed by atoms with van der Waals surface area (Å²) in [5.41, 5.74) is 0.720. The molecule has 0 saturated carbocycles. The second-order valence-corrected chi connectivity index (χ2v) is 10.9. The van der Waals surface area contributed by atoms with Gasteiger partial charge in [0.05, 0.1) is 0 Å². The molecule has 2 N–H and O–H groups in total. The van der Waals surface area contributed by atoms with E-state index in [2.05, 4.69) is 10.6 Å². The lowest BCUT2D eigenvalue weighted by Crippen LogP contribution is -2.47. The van der Waals surface area contributed by atoms with Crippen LogP contribution in [0.2, 0.25) is 0 Å². The van der Waals surface area contributed by atoms with E-state index >= 15 is 0 Å². The number of piperidine rings is 2. The van der Waals surface area contributed by atoms with Gasteiger partial charge in [-0.05, 0) is 49.3 Å². The number of benzene rings is 1. The lowest BCUT2D eigenvalue weighted by Gasteiger charge is -2.32. The average Bonchev–Trinajstić information content (AvgIpc) is 3.31. The molecule has 10 heteroatoms. The highest BCUT2D eigenvalue weighted by Gasteiger charge is 2.33. The van der Waals surface area contributed by atoms with Gasteiger partial charge in [0, 0.05) is 37.9 Å². The number of hydrogen-bond donors (Lipinski definition) is 2. The molecular formula is C22H28N4O4S2. The van der Waals surface area contributed by atoms with Crippen molar-refractivity contribution in [1.29, 1.82) is 0 Å². The van der Waals surface area contributed by atoms with E-state index < -0.39 is 10.0 Å². The largest absolute Gasteiger partial charge is 0.338 e. The summed E-state index contributed by atoms with van der Waals surface area (Å²) < 4.78 is 27.7. The van der Waals surface area contributed by atoms with Crippen LogP contribution in [0.25, 0.3) is 0 Å². The third-order valence-corrected chi connectivity index (χ3v) is 8.88. The molecule has 0 spiro atoms. The van der Waals surface area contributed by atoms with Crippen LogP contribution in [0.4, 0.5) is 10.5 Å². The smallest absolute Gasteiger partial charge is 0.319 e. The van der Waals surface area contributed by atoms with Gasteiger partial charge in [-0.3, -0.25) is 4.79 Å². The lowest BCUT2D eigenvalue weighted by molar-refractivity contribution is 0.0710. The molecule has 2 saturated heterocycles. The van der Waals surface area contributed by atoms with E-state index in [1.807, 2.05) is 30.3 Å². The van der Waals surface area contributed by atoms with Crippen LogP contribution in [0.1, 0.15) is 41.8 Å². The van der Waals surface area contributed by atoms with Crippen LogP contribution in [-0.2, 0) is 10.0 Å². The normalized spacial score (nSPS) is 18.3. The second-order valence-electron chi connectivity index (χ2n) is 8.11. The summed E-state index contributed by atoms with van der Waals surface area (Å²) in [6.07, 6.45) is 3.98. The first kappa shape index (κ1) is 22.8. The van der Waals surface area contributed by atoms with Crippen molar-refractivity contribution >= 4 is 39.0 Å². The molecule has 1 aromatic carbocycles. The van der Waals surface area contributed by atoms with E-state index in [0.29, 0.717) is 39.0 Å². The van der Waals surface area contributed by atoms with E-state index in [4.69, 9.17) is 0 Å². The highest BCUT2D eigenvalue weighted by atomic mass is 32.2. The maximum absolute atomic E-state index is 13.1. The molecule has 172 valence electrons. The summed E-state index contributed by atoms with van der Waals surface area (Å²) in [5.74, 6) is -0.247. The van der Waals surface area contributed by atoms with Crippen molar-refractivity contribution in [3.8, 4) is 0 Å². The molecular weight excluding hydrogens is 448 g/mol. The van der Waals surface area contributed by atoms with Gasteiger partial charge in [0.15, 0.2) is 0 Å². The predicted molar refractivity (Wildman–Crippen MR) is 124 cm³/mol. The van der Waals surface area contributed by atoms with Crippen molar-refractivity contribution < 1.29 is 18.0 Å². The van der Waals surface area contributed by atoms with Crippen molar-refractivity contribution in [3.05, 3.63) is 46.7 Å². The fraction of sp³-hybridized carbons (Fsp3) is 0.455. The minimum atomic E-state index is -3.66. The monoisotopic (exact) mass is 476 g/mol. The van der Waals surface area contributed by atoms with Gasteiger partial charge in [-0.15, -0.1) is 11.3 Å². The molecule has 3 heterocycles. The first-order valence-electron chi connectivity index (χ1n) is 10.9. The van der Waals surface area contributed by atoms with Crippen LogP contribution >= 0.6 is 11.3 Å². The Morgan fingerprint density at radius 3 is 2.31 bits per heavy atom. The molecule has 0 unspecified atom stereocenters. The van der Waals surface area contributed by atoms with Gasteiger partial charge in [-0.25, -0.2) is 13.2 Å². The van der Waals surface area contributed by atoms with Gasteiger partial charge in [0.25, 0.3) is 5.91 Å². The molecule has 0 atom stereocenters. The number of likely N-dealkylation sites (tertiary alicyclic amines) is 1.